The lowest BCUT2D eigenvalue weighted by Crippen LogP contribution is -2.25. The second kappa shape index (κ2) is 6.67. The summed E-state index contributed by atoms with van der Waals surface area (Å²) in [6, 6.07) is 3.16. The van der Waals surface area contributed by atoms with Crippen LogP contribution in [-0.4, -0.2) is 29.6 Å². The van der Waals surface area contributed by atoms with Crippen molar-refractivity contribution in [2.45, 2.75) is 26.4 Å². The van der Waals surface area contributed by atoms with E-state index < -0.39 is 17.7 Å². The molecule has 4 heteroatoms. The Bertz CT molecular complexity index is 333. The molecule has 0 saturated heterocycles. The first-order valence-electron chi connectivity index (χ1n) is 5.93. The van der Waals surface area contributed by atoms with Crippen LogP contribution in [0.4, 0.5) is 8.78 Å². The van der Waals surface area contributed by atoms with Gasteiger partial charge in [0.1, 0.15) is 11.6 Å². The zero-order chi connectivity index (χ0) is 12.8. The zero-order valence-electron chi connectivity index (χ0n) is 10.3. The SMILES string of the molecule is CCN(CC)CCC(O)c1cc(F)cc(F)c1. The molecule has 0 saturated carbocycles. The van der Waals surface area contributed by atoms with Gasteiger partial charge in [0.05, 0.1) is 6.10 Å². The van der Waals surface area contributed by atoms with Crippen molar-refractivity contribution < 1.29 is 13.9 Å². The van der Waals surface area contributed by atoms with Gasteiger partial charge in [0.15, 0.2) is 0 Å². The van der Waals surface area contributed by atoms with Gasteiger partial charge in [-0.15, -0.1) is 0 Å². The molecule has 0 spiro atoms. The number of nitrogens with zero attached hydrogens (tertiary/aromatic N) is 1. The van der Waals surface area contributed by atoms with E-state index in [2.05, 4.69) is 4.90 Å². The molecule has 0 aliphatic heterocycles. The number of rotatable bonds is 6. The molecule has 1 aromatic carbocycles. The monoisotopic (exact) mass is 243 g/mol. The summed E-state index contributed by atoms with van der Waals surface area (Å²) >= 11 is 0. The summed E-state index contributed by atoms with van der Waals surface area (Å²) in [7, 11) is 0. The van der Waals surface area contributed by atoms with E-state index in [1.807, 2.05) is 13.8 Å². The molecule has 0 bridgehead atoms. The maximum Gasteiger partial charge on any atom is 0.126 e. The molecular formula is C13H19F2NO. The maximum atomic E-state index is 13.0. The van der Waals surface area contributed by atoms with Gasteiger partial charge in [0.25, 0.3) is 0 Å². The molecule has 1 aromatic rings. The minimum absolute atomic E-state index is 0.301. The highest BCUT2D eigenvalue weighted by atomic mass is 19.1. The quantitative estimate of drug-likeness (QED) is 0.830. The van der Waals surface area contributed by atoms with Gasteiger partial charge in [0.2, 0.25) is 0 Å². The van der Waals surface area contributed by atoms with Crippen molar-refractivity contribution in [1.82, 2.24) is 4.90 Å². The van der Waals surface area contributed by atoms with Crippen molar-refractivity contribution in [3.63, 3.8) is 0 Å². The van der Waals surface area contributed by atoms with Gasteiger partial charge in [0, 0.05) is 12.6 Å². The first-order valence-corrected chi connectivity index (χ1v) is 5.93. The number of aliphatic hydroxyl groups is 1. The molecule has 1 N–H and O–H groups in total. The second-order valence-electron chi connectivity index (χ2n) is 4.03. The first kappa shape index (κ1) is 14.1. The van der Waals surface area contributed by atoms with E-state index in [4.69, 9.17) is 0 Å². The summed E-state index contributed by atoms with van der Waals surface area (Å²) in [5.74, 6) is -1.30. The fourth-order valence-electron chi connectivity index (χ4n) is 1.78. The number of halogens is 2. The largest absolute Gasteiger partial charge is 0.388 e. The van der Waals surface area contributed by atoms with E-state index in [1.54, 1.807) is 0 Å². The van der Waals surface area contributed by atoms with Crippen LogP contribution in [0.1, 0.15) is 31.9 Å². The van der Waals surface area contributed by atoms with Crippen LogP contribution >= 0.6 is 0 Å². The Morgan fingerprint density at radius 1 is 1.12 bits per heavy atom. The molecule has 0 fully saturated rings. The lowest BCUT2D eigenvalue weighted by molar-refractivity contribution is 0.144. The summed E-state index contributed by atoms with van der Waals surface area (Å²) < 4.78 is 25.9. The van der Waals surface area contributed by atoms with Crippen LogP contribution in [0, 0.1) is 11.6 Å². The normalized spacial score (nSPS) is 13.1. The summed E-state index contributed by atoms with van der Waals surface area (Å²) in [6.07, 6.45) is -0.342. The molecule has 1 unspecified atom stereocenters. The molecule has 0 aliphatic rings. The fourth-order valence-corrected chi connectivity index (χ4v) is 1.78. The van der Waals surface area contributed by atoms with Crippen molar-refractivity contribution in [2.24, 2.45) is 0 Å². The smallest absolute Gasteiger partial charge is 0.126 e. The van der Waals surface area contributed by atoms with Crippen LogP contribution in [0.2, 0.25) is 0 Å². The van der Waals surface area contributed by atoms with E-state index in [0.717, 1.165) is 19.2 Å². The van der Waals surface area contributed by atoms with Gasteiger partial charge >= 0.3 is 0 Å². The summed E-state index contributed by atoms with van der Waals surface area (Å²) in [5, 5.41) is 9.85. The van der Waals surface area contributed by atoms with Gasteiger partial charge in [-0.3, -0.25) is 0 Å². The van der Waals surface area contributed by atoms with Crippen LogP contribution in [0.15, 0.2) is 18.2 Å². The van der Waals surface area contributed by atoms with Crippen molar-refractivity contribution in [3.05, 3.63) is 35.4 Å². The third-order valence-corrected chi connectivity index (χ3v) is 2.88. The predicted molar refractivity (Wildman–Crippen MR) is 63.7 cm³/mol. The molecule has 0 radical (unpaired) electrons. The van der Waals surface area contributed by atoms with Crippen molar-refractivity contribution in [3.8, 4) is 0 Å². The number of benzene rings is 1. The van der Waals surface area contributed by atoms with Crippen molar-refractivity contribution >= 4 is 0 Å². The van der Waals surface area contributed by atoms with Gasteiger partial charge in [-0.2, -0.15) is 0 Å². The minimum Gasteiger partial charge on any atom is -0.388 e. The first-order chi connectivity index (χ1) is 8.06. The summed E-state index contributed by atoms with van der Waals surface area (Å²) in [6.45, 7) is 6.60. The fraction of sp³-hybridized carbons (Fsp3) is 0.538. The Hall–Kier alpha value is -1.00. The third-order valence-electron chi connectivity index (χ3n) is 2.88. The molecule has 1 rings (SSSR count). The zero-order valence-corrected chi connectivity index (χ0v) is 10.3. The molecule has 0 aromatic heterocycles. The molecule has 2 nitrogen and oxygen atoms in total. The summed E-state index contributed by atoms with van der Waals surface area (Å²) in [5.41, 5.74) is 0.301. The molecule has 17 heavy (non-hydrogen) atoms. The highest BCUT2D eigenvalue weighted by Crippen LogP contribution is 2.19. The Morgan fingerprint density at radius 3 is 2.12 bits per heavy atom. The van der Waals surface area contributed by atoms with Gasteiger partial charge in [-0.05, 0) is 37.2 Å². The van der Waals surface area contributed by atoms with E-state index in [0.29, 0.717) is 18.5 Å². The van der Waals surface area contributed by atoms with Crippen molar-refractivity contribution in [1.29, 1.82) is 0 Å². The topological polar surface area (TPSA) is 23.5 Å². The highest BCUT2D eigenvalue weighted by molar-refractivity contribution is 5.20. The lowest BCUT2D eigenvalue weighted by atomic mass is 10.1. The molecule has 0 aliphatic carbocycles. The molecule has 0 heterocycles. The van der Waals surface area contributed by atoms with E-state index in [1.165, 1.54) is 12.1 Å². The Kier molecular flexibility index (Phi) is 5.51. The molecule has 0 amide bonds. The van der Waals surface area contributed by atoms with Crippen LogP contribution < -0.4 is 0 Å². The predicted octanol–water partition coefficient (Wildman–Crippen LogP) is 2.73. The summed E-state index contributed by atoms with van der Waals surface area (Å²) in [4.78, 5) is 2.15. The number of hydrogen-bond donors (Lipinski definition) is 1. The average molecular weight is 243 g/mol. The minimum atomic E-state index is -0.819. The van der Waals surface area contributed by atoms with Crippen LogP contribution in [0.5, 0.6) is 0 Å². The van der Waals surface area contributed by atoms with Crippen LogP contribution in [-0.2, 0) is 0 Å². The van der Waals surface area contributed by atoms with Gasteiger partial charge in [-0.1, -0.05) is 13.8 Å². The van der Waals surface area contributed by atoms with E-state index >= 15 is 0 Å². The number of hydrogen-bond acceptors (Lipinski definition) is 2. The second-order valence-corrected chi connectivity index (χ2v) is 4.03. The van der Waals surface area contributed by atoms with Gasteiger partial charge < -0.3 is 10.0 Å². The molecule has 96 valence electrons. The third kappa shape index (κ3) is 4.40. The number of aliphatic hydroxyl groups excluding tert-OH is 1. The molecular weight excluding hydrogens is 224 g/mol. The van der Waals surface area contributed by atoms with Crippen LogP contribution in [0.3, 0.4) is 0 Å². The lowest BCUT2D eigenvalue weighted by Gasteiger charge is -2.20. The molecule has 1 atom stereocenters. The maximum absolute atomic E-state index is 13.0. The van der Waals surface area contributed by atoms with E-state index in [-0.39, 0.29) is 0 Å². The average Bonchev–Trinajstić information content (AvgIpc) is 2.28. The standard InChI is InChI=1S/C13H19F2NO/c1-3-16(4-2)6-5-13(17)10-7-11(14)9-12(15)8-10/h7-9,13,17H,3-6H2,1-2H3. The van der Waals surface area contributed by atoms with Gasteiger partial charge in [-0.25, -0.2) is 8.78 Å². The Labute approximate surface area is 101 Å². The van der Waals surface area contributed by atoms with Crippen molar-refractivity contribution in [2.75, 3.05) is 19.6 Å². The Morgan fingerprint density at radius 2 is 1.65 bits per heavy atom. The van der Waals surface area contributed by atoms with Crippen LogP contribution in [0.25, 0.3) is 0 Å². The van der Waals surface area contributed by atoms with E-state index in [9.17, 15) is 13.9 Å². The Balaban J connectivity index is 2.60. The highest BCUT2D eigenvalue weighted by Gasteiger charge is 2.11.